The molecule has 22 heavy (non-hydrogen) atoms. The van der Waals surface area contributed by atoms with Gasteiger partial charge in [0.25, 0.3) is 5.91 Å². The van der Waals surface area contributed by atoms with Gasteiger partial charge in [-0.25, -0.2) is 9.18 Å². The molecule has 2 rings (SSSR count). The summed E-state index contributed by atoms with van der Waals surface area (Å²) in [6.45, 7) is 1.47. The second kappa shape index (κ2) is 7.17. The first kappa shape index (κ1) is 16.2. The minimum absolute atomic E-state index is 0.337. The zero-order chi connectivity index (χ0) is 16.1. The summed E-state index contributed by atoms with van der Waals surface area (Å²) in [5, 5.41) is 2.55. The van der Waals surface area contributed by atoms with Crippen molar-refractivity contribution in [1.82, 2.24) is 0 Å². The molecule has 1 amide bonds. The van der Waals surface area contributed by atoms with Gasteiger partial charge in [-0.1, -0.05) is 12.1 Å². The molecule has 1 unspecified atom stereocenters. The van der Waals surface area contributed by atoms with Gasteiger partial charge in [0, 0.05) is 10.2 Å². The molecule has 0 saturated carbocycles. The average molecular weight is 366 g/mol. The van der Waals surface area contributed by atoms with E-state index >= 15 is 0 Å². The average Bonchev–Trinajstić information content (AvgIpc) is 2.49. The summed E-state index contributed by atoms with van der Waals surface area (Å²) in [7, 11) is 0. The SMILES string of the molecule is CC(OC(=O)c1ccccc1Br)C(=O)Nc1ccc(F)cc1. The molecule has 0 radical (unpaired) electrons. The highest BCUT2D eigenvalue weighted by Gasteiger charge is 2.20. The van der Waals surface area contributed by atoms with Crippen LogP contribution in [0, 0.1) is 5.82 Å². The first-order valence-corrected chi connectivity index (χ1v) is 7.28. The van der Waals surface area contributed by atoms with Crippen molar-refractivity contribution in [3.63, 3.8) is 0 Å². The molecule has 0 heterocycles. The van der Waals surface area contributed by atoms with E-state index in [1.54, 1.807) is 24.3 Å². The summed E-state index contributed by atoms with van der Waals surface area (Å²) in [6, 6.07) is 12.1. The van der Waals surface area contributed by atoms with Crippen LogP contribution in [0.1, 0.15) is 17.3 Å². The fourth-order valence-corrected chi connectivity index (χ4v) is 2.13. The van der Waals surface area contributed by atoms with Gasteiger partial charge in [0.15, 0.2) is 6.10 Å². The van der Waals surface area contributed by atoms with Crippen molar-refractivity contribution >= 4 is 33.5 Å². The molecular formula is C16H13BrFNO3. The van der Waals surface area contributed by atoms with Crippen LogP contribution >= 0.6 is 15.9 Å². The topological polar surface area (TPSA) is 55.4 Å². The van der Waals surface area contributed by atoms with E-state index in [1.165, 1.54) is 31.2 Å². The Labute approximate surface area is 135 Å². The molecule has 1 atom stereocenters. The minimum Gasteiger partial charge on any atom is -0.449 e. The van der Waals surface area contributed by atoms with Crippen LogP contribution in [-0.2, 0) is 9.53 Å². The lowest BCUT2D eigenvalue weighted by Crippen LogP contribution is -2.30. The Kier molecular flexibility index (Phi) is 5.27. The van der Waals surface area contributed by atoms with E-state index in [0.29, 0.717) is 15.7 Å². The molecule has 2 aromatic carbocycles. The van der Waals surface area contributed by atoms with Gasteiger partial charge >= 0.3 is 5.97 Å². The molecule has 0 aromatic heterocycles. The van der Waals surface area contributed by atoms with Crippen LogP contribution in [0.2, 0.25) is 0 Å². The molecule has 4 nitrogen and oxygen atoms in total. The molecule has 114 valence electrons. The lowest BCUT2D eigenvalue weighted by Gasteiger charge is -2.14. The van der Waals surface area contributed by atoms with Crippen LogP contribution in [0.4, 0.5) is 10.1 Å². The van der Waals surface area contributed by atoms with E-state index in [1.807, 2.05) is 0 Å². The summed E-state index contributed by atoms with van der Waals surface area (Å²) in [5.74, 6) is -1.49. The summed E-state index contributed by atoms with van der Waals surface area (Å²) < 4.78 is 18.5. The summed E-state index contributed by atoms with van der Waals surface area (Å²) >= 11 is 3.25. The number of rotatable bonds is 4. The third-order valence-electron chi connectivity index (χ3n) is 2.86. The van der Waals surface area contributed by atoms with Crippen molar-refractivity contribution in [2.45, 2.75) is 13.0 Å². The number of carbonyl (C=O) groups excluding carboxylic acids is 2. The monoisotopic (exact) mass is 365 g/mol. The van der Waals surface area contributed by atoms with Crippen molar-refractivity contribution in [3.8, 4) is 0 Å². The molecule has 0 bridgehead atoms. The third kappa shape index (κ3) is 4.14. The van der Waals surface area contributed by atoms with Crippen molar-refractivity contribution < 1.29 is 18.7 Å². The van der Waals surface area contributed by atoms with Gasteiger partial charge in [-0.3, -0.25) is 4.79 Å². The van der Waals surface area contributed by atoms with Gasteiger partial charge in [0.2, 0.25) is 0 Å². The van der Waals surface area contributed by atoms with E-state index in [9.17, 15) is 14.0 Å². The maximum atomic E-state index is 12.8. The second-order valence-electron chi connectivity index (χ2n) is 4.52. The Morgan fingerprint density at radius 3 is 2.41 bits per heavy atom. The quantitative estimate of drug-likeness (QED) is 0.839. The normalized spacial score (nSPS) is 11.6. The number of anilines is 1. The van der Waals surface area contributed by atoms with E-state index < -0.39 is 23.8 Å². The summed E-state index contributed by atoms with van der Waals surface area (Å²) in [5.41, 5.74) is 0.763. The maximum absolute atomic E-state index is 12.8. The highest BCUT2D eigenvalue weighted by atomic mass is 79.9. The maximum Gasteiger partial charge on any atom is 0.340 e. The predicted molar refractivity (Wildman–Crippen MR) is 84.0 cm³/mol. The van der Waals surface area contributed by atoms with E-state index in [0.717, 1.165) is 0 Å². The minimum atomic E-state index is -0.982. The third-order valence-corrected chi connectivity index (χ3v) is 3.55. The summed E-state index contributed by atoms with van der Waals surface area (Å²) in [4.78, 5) is 24.0. The smallest absolute Gasteiger partial charge is 0.340 e. The van der Waals surface area contributed by atoms with Gasteiger partial charge in [-0.05, 0) is 59.3 Å². The van der Waals surface area contributed by atoms with Gasteiger partial charge in [-0.2, -0.15) is 0 Å². The Bertz CT molecular complexity index is 688. The standard InChI is InChI=1S/C16H13BrFNO3/c1-10(15(20)19-12-8-6-11(18)7-9-12)22-16(21)13-4-2-3-5-14(13)17/h2-10H,1H3,(H,19,20). The Hall–Kier alpha value is -2.21. The molecule has 6 heteroatoms. The number of hydrogen-bond donors (Lipinski definition) is 1. The first-order valence-electron chi connectivity index (χ1n) is 6.49. The molecule has 2 aromatic rings. The molecule has 1 N–H and O–H groups in total. The number of ether oxygens (including phenoxy) is 1. The van der Waals surface area contributed by atoms with Crippen LogP contribution in [0.15, 0.2) is 53.0 Å². The molecule has 0 aliphatic heterocycles. The Balaban J connectivity index is 1.98. The second-order valence-corrected chi connectivity index (χ2v) is 5.38. The highest BCUT2D eigenvalue weighted by Crippen LogP contribution is 2.17. The molecular weight excluding hydrogens is 353 g/mol. The number of carbonyl (C=O) groups is 2. The number of hydrogen-bond acceptors (Lipinski definition) is 3. The largest absolute Gasteiger partial charge is 0.449 e. The molecule has 0 spiro atoms. The number of halogens is 2. The fraction of sp³-hybridized carbons (Fsp3) is 0.125. The fourth-order valence-electron chi connectivity index (χ4n) is 1.68. The van der Waals surface area contributed by atoms with Gasteiger partial charge in [0.05, 0.1) is 5.56 Å². The van der Waals surface area contributed by atoms with Crippen molar-refractivity contribution in [2.75, 3.05) is 5.32 Å². The van der Waals surface area contributed by atoms with Gasteiger partial charge in [0.1, 0.15) is 5.82 Å². The number of benzene rings is 2. The number of amides is 1. The van der Waals surface area contributed by atoms with Crippen LogP contribution < -0.4 is 5.32 Å². The van der Waals surface area contributed by atoms with E-state index in [4.69, 9.17) is 4.74 Å². The highest BCUT2D eigenvalue weighted by molar-refractivity contribution is 9.10. The molecule has 0 aliphatic carbocycles. The van der Waals surface area contributed by atoms with Crippen molar-refractivity contribution in [2.24, 2.45) is 0 Å². The Morgan fingerprint density at radius 1 is 1.14 bits per heavy atom. The van der Waals surface area contributed by atoms with E-state index in [-0.39, 0.29) is 0 Å². The lowest BCUT2D eigenvalue weighted by molar-refractivity contribution is -0.123. The van der Waals surface area contributed by atoms with Crippen molar-refractivity contribution in [1.29, 1.82) is 0 Å². The predicted octanol–water partition coefficient (Wildman–Crippen LogP) is 3.77. The zero-order valence-electron chi connectivity index (χ0n) is 11.7. The van der Waals surface area contributed by atoms with Crippen LogP contribution in [0.3, 0.4) is 0 Å². The zero-order valence-corrected chi connectivity index (χ0v) is 13.3. The van der Waals surface area contributed by atoms with Crippen LogP contribution in [0.5, 0.6) is 0 Å². The van der Waals surface area contributed by atoms with Gasteiger partial charge in [-0.15, -0.1) is 0 Å². The Morgan fingerprint density at radius 2 is 1.77 bits per heavy atom. The molecule has 0 saturated heterocycles. The van der Waals surface area contributed by atoms with Crippen LogP contribution in [0.25, 0.3) is 0 Å². The van der Waals surface area contributed by atoms with Gasteiger partial charge < -0.3 is 10.1 Å². The number of esters is 1. The molecule has 0 fully saturated rings. The van der Waals surface area contributed by atoms with Crippen molar-refractivity contribution in [3.05, 3.63) is 64.4 Å². The number of nitrogens with one attached hydrogen (secondary N) is 1. The van der Waals surface area contributed by atoms with E-state index in [2.05, 4.69) is 21.2 Å². The first-order chi connectivity index (χ1) is 10.5. The van der Waals surface area contributed by atoms with Crippen LogP contribution in [-0.4, -0.2) is 18.0 Å². The summed E-state index contributed by atoms with van der Waals surface area (Å²) in [6.07, 6.45) is -0.982. The lowest BCUT2D eigenvalue weighted by atomic mass is 10.2. The molecule has 0 aliphatic rings.